The highest BCUT2D eigenvalue weighted by atomic mass is 31.2. The fourth-order valence-electron chi connectivity index (χ4n) is 7.27. The van der Waals surface area contributed by atoms with Crippen LogP contribution >= 0.6 is 7.75 Å². The minimum Gasteiger partial charge on any atom is -0.433 e. The van der Waals surface area contributed by atoms with Crippen LogP contribution in [0.15, 0.2) is 86.0 Å². The van der Waals surface area contributed by atoms with E-state index < -0.39 is 88.1 Å². The molecule has 6 aromatic rings. The van der Waals surface area contributed by atoms with Crippen LogP contribution < -0.4 is 21.5 Å². The summed E-state index contributed by atoms with van der Waals surface area (Å²) in [7, 11) is -4.77. The maximum Gasteiger partial charge on any atom is 0.508 e. The van der Waals surface area contributed by atoms with Crippen LogP contribution in [0.25, 0.3) is 22.3 Å². The Kier molecular flexibility index (Phi) is 14.6. The topological polar surface area (TPSA) is 321 Å². The molecular formula is C41H39F2N14O10P. The van der Waals surface area contributed by atoms with Crippen molar-refractivity contribution in [1.82, 2.24) is 44.1 Å². The molecular weight excluding hydrogens is 918 g/mol. The minimum absolute atomic E-state index is 0.00305. The van der Waals surface area contributed by atoms with Crippen LogP contribution in [0.2, 0.25) is 0 Å². The molecule has 2 fully saturated rings. The van der Waals surface area contributed by atoms with Gasteiger partial charge in [0.1, 0.15) is 37.6 Å². The number of imidazole rings is 2. The summed E-state index contributed by atoms with van der Waals surface area (Å²) in [6, 6.07) is 20.2. The number of anilines is 2. The summed E-state index contributed by atoms with van der Waals surface area (Å²) in [5.41, 5.74) is 6.85. The van der Waals surface area contributed by atoms with Crippen LogP contribution in [0.4, 0.5) is 25.2 Å². The molecule has 2 saturated heterocycles. The lowest BCUT2D eigenvalue weighted by molar-refractivity contribution is -0.0324. The van der Waals surface area contributed by atoms with Gasteiger partial charge >= 0.3 is 13.9 Å². The van der Waals surface area contributed by atoms with Crippen LogP contribution in [0, 0.1) is 22.7 Å². The summed E-state index contributed by atoms with van der Waals surface area (Å²) in [5.74, 6) is -0.992. The highest BCUT2D eigenvalue weighted by Gasteiger charge is 2.53. The van der Waals surface area contributed by atoms with E-state index in [0.29, 0.717) is 11.1 Å². The van der Waals surface area contributed by atoms with Gasteiger partial charge in [-0.25, -0.2) is 53.1 Å². The number of carbonyl (C=O) groups is 3. The van der Waals surface area contributed by atoms with E-state index in [-0.39, 0.29) is 60.0 Å². The van der Waals surface area contributed by atoms with Crippen molar-refractivity contribution in [2.75, 3.05) is 36.9 Å². The number of rotatable bonds is 18. The van der Waals surface area contributed by atoms with Gasteiger partial charge in [-0.1, -0.05) is 36.4 Å². The Morgan fingerprint density at radius 2 is 1.25 bits per heavy atom. The highest BCUT2D eigenvalue weighted by Crippen LogP contribution is 2.50. The number of benzene rings is 2. The van der Waals surface area contributed by atoms with E-state index in [1.807, 2.05) is 6.07 Å². The number of hydrogen-bond donors (Lipinski definition) is 4. The Bertz CT molecular complexity index is 2900. The normalized spacial score (nSPS) is 23.1. The molecule has 0 saturated carbocycles. The smallest absolute Gasteiger partial charge is 0.433 e. The second kappa shape index (κ2) is 21.0. The molecule has 2 aromatic carbocycles. The second-order valence-corrected chi connectivity index (χ2v) is 16.5. The maximum absolute atomic E-state index is 16.7. The third kappa shape index (κ3) is 10.1. The molecule has 352 valence electrons. The van der Waals surface area contributed by atoms with Crippen molar-refractivity contribution in [1.29, 1.82) is 10.5 Å². The predicted octanol–water partition coefficient (Wildman–Crippen LogP) is 4.05. The Labute approximate surface area is 383 Å². The van der Waals surface area contributed by atoms with E-state index >= 15 is 8.78 Å². The molecule has 27 heteroatoms. The van der Waals surface area contributed by atoms with Crippen molar-refractivity contribution in [3.8, 4) is 12.1 Å². The number of carbonyl (C=O) groups excluding carboxylic acids is 3. The number of hydrogen-bond acceptors (Lipinski definition) is 19. The first kappa shape index (κ1) is 47.1. The predicted molar refractivity (Wildman–Crippen MR) is 229 cm³/mol. The molecule has 6 heterocycles. The maximum atomic E-state index is 16.7. The van der Waals surface area contributed by atoms with Gasteiger partial charge in [-0.3, -0.25) is 27.8 Å². The number of aromatic nitrogens is 8. The van der Waals surface area contributed by atoms with Gasteiger partial charge in [0.15, 0.2) is 64.9 Å². The van der Waals surface area contributed by atoms with Gasteiger partial charge in [-0.2, -0.15) is 10.5 Å². The largest absolute Gasteiger partial charge is 0.508 e. The first-order chi connectivity index (χ1) is 33.0. The molecule has 0 bridgehead atoms. The van der Waals surface area contributed by atoms with E-state index in [9.17, 15) is 24.2 Å². The van der Waals surface area contributed by atoms with Crippen LogP contribution in [0.3, 0.4) is 0 Å². The van der Waals surface area contributed by atoms with Gasteiger partial charge in [0.25, 0.3) is 11.8 Å². The van der Waals surface area contributed by atoms with E-state index in [4.69, 9.17) is 39.0 Å². The fourth-order valence-corrected chi connectivity index (χ4v) is 8.80. The van der Waals surface area contributed by atoms with Crippen molar-refractivity contribution in [3.05, 3.63) is 97.1 Å². The molecule has 68 heavy (non-hydrogen) atoms. The molecule has 2 aliphatic rings. The lowest BCUT2D eigenvalue weighted by Gasteiger charge is -2.27. The van der Waals surface area contributed by atoms with Crippen LogP contribution in [0.1, 0.15) is 46.0 Å². The number of ether oxygens (including phenoxy) is 4. The number of halogens is 2. The van der Waals surface area contributed by atoms with Crippen molar-refractivity contribution >= 4 is 59.7 Å². The third-order valence-corrected chi connectivity index (χ3v) is 12.1. The number of nitrogens with one attached hydrogen (secondary N) is 3. The lowest BCUT2D eigenvalue weighted by atomic mass is 10.1. The van der Waals surface area contributed by atoms with Crippen molar-refractivity contribution < 1.29 is 55.7 Å². The number of fused-ring (bicyclic) bond motifs is 2. The Morgan fingerprint density at radius 1 is 0.735 bits per heavy atom. The number of nitrogens with zero attached hydrogens (tertiary/aromatic N) is 10. The molecule has 3 unspecified atom stereocenters. The summed E-state index contributed by atoms with van der Waals surface area (Å²) >= 11 is 0. The average molecular weight is 957 g/mol. The minimum atomic E-state index is -4.77. The zero-order valence-corrected chi connectivity index (χ0v) is 36.2. The molecule has 2 amide bonds. The summed E-state index contributed by atoms with van der Waals surface area (Å²) < 4.78 is 84.1. The number of nitrogens with two attached hydrogens (primary N) is 1. The van der Waals surface area contributed by atoms with Gasteiger partial charge in [0.05, 0.1) is 44.2 Å². The molecule has 9 atom stereocenters. The lowest BCUT2D eigenvalue weighted by Crippen LogP contribution is -2.41. The zero-order chi connectivity index (χ0) is 47.8. The Balaban J connectivity index is 1.02. The average Bonchev–Trinajstić information content (AvgIpc) is 4.13. The van der Waals surface area contributed by atoms with E-state index in [2.05, 4.69) is 45.6 Å². The Hall–Kier alpha value is -7.42. The third-order valence-electron chi connectivity index (χ3n) is 10.5. The fraction of sp³-hybridized carbons (Fsp3) is 0.341. The number of alkyl halides is 2. The van der Waals surface area contributed by atoms with Gasteiger partial charge in [-0.05, 0) is 24.3 Å². The van der Waals surface area contributed by atoms with Crippen LogP contribution in [-0.2, 0) is 32.6 Å². The monoisotopic (exact) mass is 956 g/mol. The summed E-state index contributed by atoms with van der Waals surface area (Å²) in [6.07, 6.45) is -11.1. The van der Waals surface area contributed by atoms with Gasteiger partial charge in [0.2, 0.25) is 0 Å². The molecule has 0 radical (unpaired) electrons. The van der Waals surface area contributed by atoms with Gasteiger partial charge in [-0.15, -0.1) is 0 Å². The number of nitriles is 2. The first-order valence-electron chi connectivity index (χ1n) is 20.6. The molecule has 5 N–H and O–H groups in total. The van der Waals surface area contributed by atoms with Gasteiger partial charge < -0.3 is 35.3 Å². The standard InChI is InChI=1S/C41H39F2N14O10P/c42-27-31(66-41(60)62-15-7-13-44)26(65-39(27)56-21-51-29-33(47-19-49-35(29)56)54-37(58)23-9-3-1-4-10-23)18-53-68(61,63-16-8-14-45)67-32-25(17-46)64-40(28(32)43)57-22-52-30-34(48-20-50-36(30)57)55-38(59)24-11-5-2-6-12-24/h1-6,9-12,19-22,25-28,31-32,39-40H,7-8,15-18,46H2,(H,53,61)(H,47,49,54,58)(H,48,50,55,59)/t25-,26-,27-,28-,31-,32-,39?,40?,68?/m1/s1. The molecule has 0 spiro atoms. The van der Waals surface area contributed by atoms with Crippen LogP contribution in [-0.4, -0.2) is 120 Å². The molecule has 24 nitrogen and oxygen atoms in total. The van der Waals surface area contributed by atoms with Crippen LogP contribution in [0.5, 0.6) is 0 Å². The van der Waals surface area contributed by atoms with Crippen molar-refractivity contribution in [2.24, 2.45) is 5.73 Å². The molecule has 0 aliphatic carbocycles. The van der Waals surface area contributed by atoms with Crippen molar-refractivity contribution in [3.63, 3.8) is 0 Å². The summed E-state index contributed by atoms with van der Waals surface area (Å²) in [5, 5.41) is 26.0. The van der Waals surface area contributed by atoms with E-state index in [0.717, 1.165) is 23.5 Å². The Morgan fingerprint density at radius 3 is 1.78 bits per heavy atom. The highest BCUT2D eigenvalue weighted by molar-refractivity contribution is 7.51. The summed E-state index contributed by atoms with van der Waals surface area (Å²) in [6.45, 7) is -1.90. The van der Waals surface area contributed by atoms with E-state index in [1.54, 1.807) is 66.7 Å². The first-order valence-corrected chi connectivity index (χ1v) is 22.2. The quantitative estimate of drug-likeness (QED) is 0.0536. The van der Waals surface area contributed by atoms with E-state index in [1.165, 1.54) is 10.9 Å². The second-order valence-electron chi connectivity index (χ2n) is 14.7. The molecule has 8 rings (SSSR count). The molecule has 4 aromatic heterocycles. The SMILES string of the molecule is N#CCCOC(=O)O[C@@H]1[C@@H](CNP(=O)(OCCC#N)O[C@@H]2[C@@H](CN)OC(n3cnc4c(NC(=O)c5ccccc5)ncnc43)[C@@H]2F)OC(n2cnc3c(NC(=O)c4ccccc4)ncnc32)[C@@H]1F. The molecule has 2 aliphatic heterocycles. The zero-order valence-electron chi connectivity index (χ0n) is 35.3. The number of amides is 2. The summed E-state index contributed by atoms with van der Waals surface area (Å²) in [4.78, 5) is 63.9. The van der Waals surface area contributed by atoms with Gasteiger partial charge in [0, 0.05) is 24.2 Å². The van der Waals surface area contributed by atoms with Crippen molar-refractivity contribution in [2.45, 2.75) is 62.1 Å².